The highest BCUT2D eigenvalue weighted by Gasteiger charge is 2.28. The minimum absolute atomic E-state index is 0.0297. The molecule has 2 nitrogen and oxygen atoms in total. The molecular formula is C12H14FNO. The first-order valence-corrected chi connectivity index (χ1v) is 5.30. The number of fused-ring (bicyclic) bond motifs is 1. The topological polar surface area (TPSA) is 20.3 Å². The maximum atomic E-state index is 13.4. The average molecular weight is 207 g/mol. The molecule has 0 N–H and O–H groups in total. The molecule has 0 saturated carbocycles. The van der Waals surface area contributed by atoms with E-state index >= 15 is 0 Å². The Morgan fingerprint density at radius 2 is 2.27 bits per heavy atom. The van der Waals surface area contributed by atoms with Gasteiger partial charge in [-0.1, -0.05) is 19.4 Å². The van der Waals surface area contributed by atoms with E-state index in [-0.39, 0.29) is 11.7 Å². The summed E-state index contributed by atoms with van der Waals surface area (Å²) >= 11 is 0. The number of halogens is 1. The zero-order valence-corrected chi connectivity index (χ0v) is 8.79. The van der Waals surface area contributed by atoms with Gasteiger partial charge in [-0.3, -0.25) is 4.79 Å². The van der Waals surface area contributed by atoms with Crippen molar-refractivity contribution < 1.29 is 9.18 Å². The molecule has 0 unspecified atom stereocenters. The average Bonchev–Trinajstić information content (AvgIpc) is 2.55. The molecule has 0 aliphatic carbocycles. The molecule has 1 aromatic rings. The quantitative estimate of drug-likeness (QED) is 0.746. The van der Waals surface area contributed by atoms with E-state index in [0.717, 1.165) is 19.4 Å². The number of hydrogen-bond acceptors (Lipinski definition) is 1. The molecule has 1 aromatic carbocycles. The summed E-state index contributed by atoms with van der Waals surface area (Å²) < 4.78 is 13.4. The van der Waals surface area contributed by atoms with Crippen LogP contribution in [0.5, 0.6) is 0 Å². The van der Waals surface area contributed by atoms with Crippen molar-refractivity contribution in [1.82, 2.24) is 4.90 Å². The minimum atomic E-state index is -0.264. The number of unbranched alkanes of at least 4 members (excludes halogenated alkanes) is 1. The van der Waals surface area contributed by atoms with E-state index in [0.29, 0.717) is 17.7 Å². The van der Waals surface area contributed by atoms with Gasteiger partial charge in [-0.05, 0) is 18.6 Å². The largest absolute Gasteiger partial charge is 0.334 e. The minimum Gasteiger partial charge on any atom is -0.334 e. The monoisotopic (exact) mass is 207 g/mol. The van der Waals surface area contributed by atoms with E-state index < -0.39 is 0 Å². The third kappa shape index (κ3) is 1.74. The van der Waals surface area contributed by atoms with E-state index in [4.69, 9.17) is 0 Å². The van der Waals surface area contributed by atoms with Gasteiger partial charge in [-0.15, -0.1) is 0 Å². The van der Waals surface area contributed by atoms with Crippen LogP contribution in [0.25, 0.3) is 0 Å². The molecule has 0 atom stereocenters. The smallest absolute Gasteiger partial charge is 0.254 e. The molecule has 80 valence electrons. The Morgan fingerprint density at radius 3 is 2.93 bits per heavy atom. The second-order valence-corrected chi connectivity index (χ2v) is 3.85. The molecule has 1 aliphatic rings. The highest BCUT2D eigenvalue weighted by atomic mass is 19.1. The lowest BCUT2D eigenvalue weighted by atomic mass is 10.1. The number of carbonyl (C=O) groups is 1. The van der Waals surface area contributed by atoms with Crippen molar-refractivity contribution in [3.8, 4) is 0 Å². The van der Waals surface area contributed by atoms with Crippen LogP contribution < -0.4 is 0 Å². The molecule has 1 aliphatic heterocycles. The Morgan fingerprint density at radius 1 is 1.47 bits per heavy atom. The molecule has 0 aromatic heterocycles. The fraction of sp³-hybridized carbons (Fsp3) is 0.417. The van der Waals surface area contributed by atoms with Gasteiger partial charge in [0.15, 0.2) is 0 Å². The molecule has 3 heteroatoms. The van der Waals surface area contributed by atoms with E-state index in [9.17, 15) is 9.18 Å². The van der Waals surface area contributed by atoms with Crippen LogP contribution in [-0.4, -0.2) is 17.4 Å². The lowest BCUT2D eigenvalue weighted by Crippen LogP contribution is -2.24. The van der Waals surface area contributed by atoms with Crippen molar-refractivity contribution in [3.63, 3.8) is 0 Å². The Labute approximate surface area is 88.7 Å². The summed E-state index contributed by atoms with van der Waals surface area (Å²) in [6.07, 6.45) is 2.02. The first-order valence-electron chi connectivity index (χ1n) is 5.30. The maximum absolute atomic E-state index is 13.4. The molecule has 1 amide bonds. The summed E-state index contributed by atoms with van der Waals surface area (Å²) in [5.74, 6) is -0.294. The summed E-state index contributed by atoms with van der Waals surface area (Å²) in [6, 6.07) is 4.71. The summed E-state index contributed by atoms with van der Waals surface area (Å²) in [4.78, 5) is 13.5. The number of carbonyl (C=O) groups excluding carboxylic acids is 1. The van der Waals surface area contributed by atoms with E-state index in [2.05, 4.69) is 6.92 Å². The summed E-state index contributed by atoms with van der Waals surface area (Å²) in [5, 5.41) is 0. The van der Waals surface area contributed by atoms with Gasteiger partial charge in [0.2, 0.25) is 0 Å². The molecule has 0 saturated heterocycles. The van der Waals surface area contributed by atoms with Crippen LogP contribution in [0.4, 0.5) is 4.39 Å². The molecular weight excluding hydrogens is 193 g/mol. The highest BCUT2D eigenvalue weighted by molar-refractivity contribution is 5.98. The van der Waals surface area contributed by atoms with Gasteiger partial charge in [0, 0.05) is 24.2 Å². The Kier molecular flexibility index (Phi) is 2.71. The molecule has 0 radical (unpaired) electrons. The molecule has 0 bridgehead atoms. The summed E-state index contributed by atoms with van der Waals surface area (Å²) in [7, 11) is 0. The standard InChI is InChI=1S/C12H14FNO/c1-2-3-7-14-8-10-9(12(14)15)5-4-6-11(10)13/h4-6H,2-3,7-8H2,1H3. The zero-order chi connectivity index (χ0) is 10.8. The van der Waals surface area contributed by atoms with Crippen molar-refractivity contribution in [1.29, 1.82) is 0 Å². The van der Waals surface area contributed by atoms with Gasteiger partial charge in [0.05, 0.1) is 0 Å². The van der Waals surface area contributed by atoms with E-state index in [1.165, 1.54) is 6.07 Å². The van der Waals surface area contributed by atoms with Crippen LogP contribution in [0.2, 0.25) is 0 Å². The summed E-state index contributed by atoms with van der Waals surface area (Å²) in [5.41, 5.74) is 1.09. The normalized spacial score (nSPS) is 14.5. The zero-order valence-electron chi connectivity index (χ0n) is 8.79. The molecule has 15 heavy (non-hydrogen) atoms. The number of rotatable bonds is 3. The molecule has 0 spiro atoms. The van der Waals surface area contributed by atoms with Crippen LogP contribution in [0.1, 0.15) is 35.7 Å². The van der Waals surface area contributed by atoms with Crippen molar-refractivity contribution >= 4 is 5.91 Å². The van der Waals surface area contributed by atoms with Crippen LogP contribution in [-0.2, 0) is 6.54 Å². The predicted molar refractivity (Wildman–Crippen MR) is 56.0 cm³/mol. The molecule has 0 fully saturated rings. The number of benzene rings is 1. The first-order chi connectivity index (χ1) is 7.24. The second kappa shape index (κ2) is 4.01. The van der Waals surface area contributed by atoms with Gasteiger partial charge >= 0.3 is 0 Å². The van der Waals surface area contributed by atoms with Gasteiger partial charge < -0.3 is 4.90 Å². The Balaban J connectivity index is 2.22. The lowest BCUT2D eigenvalue weighted by molar-refractivity contribution is 0.0776. The number of amides is 1. The highest BCUT2D eigenvalue weighted by Crippen LogP contribution is 2.25. The van der Waals surface area contributed by atoms with Crippen LogP contribution in [0.15, 0.2) is 18.2 Å². The van der Waals surface area contributed by atoms with E-state index in [1.807, 2.05) is 0 Å². The molecule has 1 heterocycles. The second-order valence-electron chi connectivity index (χ2n) is 3.85. The fourth-order valence-corrected chi connectivity index (χ4v) is 1.88. The van der Waals surface area contributed by atoms with Crippen molar-refractivity contribution in [2.45, 2.75) is 26.3 Å². The molecule has 2 rings (SSSR count). The first kappa shape index (κ1) is 10.1. The van der Waals surface area contributed by atoms with Crippen molar-refractivity contribution in [2.24, 2.45) is 0 Å². The lowest BCUT2D eigenvalue weighted by Gasteiger charge is -2.14. The van der Waals surface area contributed by atoms with Gasteiger partial charge in [-0.2, -0.15) is 0 Å². The number of hydrogen-bond donors (Lipinski definition) is 0. The number of nitrogens with zero attached hydrogens (tertiary/aromatic N) is 1. The third-order valence-corrected chi connectivity index (χ3v) is 2.77. The van der Waals surface area contributed by atoms with Gasteiger partial charge in [0.25, 0.3) is 5.91 Å². The van der Waals surface area contributed by atoms with Crippen LogP contribution >= 0.6 is 0 Å². The van der Waals surface area contributed by atoms with Crippen LogP contribution in [0.3, 0.4) is 0 Å². The van der Waals surface area contributed by atoms with Crippen molar-refractivity contribution in [3.05, 3.63) is 35.1 Å². The van der Waals surface area contributed by atoms with Crippen molar-refractivity contribution in [2.75, 3.05) is 6.54 Å². The fourth-order valence-electron chi connectivity index (χ4n) is 1.88. The maximum Gasteiger partial charge on any atom is 0.254 e. The van der Waals surface area contributed by atoms with Gasteiger partial charge in [0.1, 0.15) is 5.82 Å². The summed E-state index contributed by atoms with van der Waals surface area (Å²) in [6.45, 7) is 3.23. The van der Waals surface area contributed by atoms with E-state index in [1.54, 1.807) is 17.0 Å². The SMILES string of the molecule is CCCCN1Cc2c(F)cccc2C1=O. The van der Waals surface area contributed by atoms with Crippen LogP contribution in [0, 0.1) is 5.82 Å². The Hall–Kier alpha value is -1.38. The third-order valence-electron chi connectivity index (χ3n) is 2.77. The van der Waals surface area contributed by atoms with Gasteiger partial charge in [-0.25, -0.2) is 4.39 Å². The predicted octanol–water partition coefficient (Wildman–Crippen LogP) is 2.58. The Bertz CT molecular complexity index is 389.